The minimum Gasteiger partial charge on any atom is -0.393 e. The summed E-state index contributed by atoms with van der Waals surface area (Å²) in [4.78, 5) is 9.46. The fourth-order valence-corrected chi connectivity index (χ4v) is 0.139. The summed E-state index contributed by atoms with van der Waals surface area (Å²) in [6, 6.07) is 0. The van der Waals surface area contributed by atoms with Crippen LogP contribution in [0.25, 0.3) is 0 Å². The van der Waals surface area contributed by atoms with Crippen molar-refractivity contribution in [3.8, 4) is 0 Å². The predicted octanol–water partition coefficient (Wildman–Crippen LogP) is -0.0463. The molecular formula is C4H8O2Ti. The summed E-state index contributed by atoms with van der Waals surface area (Å²) >= 11 is 0. The zero-order valence-corrected chi connectivity index (χ0v) is 5.78. The molecule has 0 saturated heterocycles. The Balaban J connectivity index is 0. The molecule has 0 aromatic rings. The smallest absolute Gasteiger partial charge is 0.122 e. The van der Waals surface area contributed by atoms with E-state index in [1.54, 1.807) is 6.92 Å². The van der Waals surface area contributed by atoms with E-state index >= 15 is 0 Å². The van der Waals surface area contributed by atoms with Crippen LogP contribution in [0.1, 0.15) is 13.3 Å². The minimum atomic E-state index is -0.470. The molecule has 0 heterocycles. The summed E-state index contributed by atoms with van der Waals surface area (Å²) in [6.45, 7) is 1.58. The van der Waals surface area contributed by atoms with E-state index in [0.29, 0.717) is 6.29 Å². The molecule has 0 radical (unpaired) electrons. The third-order valence-electron chi connectivity index (χ3n) is 0.437. The van der Waals surface area contributed by atoms with Gasteiger partial charge in [-0.15, -0.1) is 0 Å². The molecule has 0 rings (SSSR count). The monoisotopic (exact) mass is 136 g/mol. The van der Waals surface area contributed by atoms with Crippen molar-refractivity contribution in [1.82, 2.24) is 0 Å². The van der Waals surface area contributed by atoms with E-state index in [9.17, 15) is 4.79 Å². The molecule has 7 heavy (non-hydrogen) atoms. The summed E-state index contributed by atoms with van der Waals surface area (Å²) < 4.78 is 0. The van der Waals surface area contributed by atoms with Crippen LogP contribution >= 0.6 is 0 Å². The van der Waals surface area contributed by atoms with E-state index in [1.807, 2.05) is 0 Å². The number of rotatable bonds is 2. The summed E-state index contributed by atoms with van der Waals surface area (Å²) in [5, 5.41) is 8.32. The van der Waals surface area contributed by atoms with Gasteiger partial charge in [-0.05, 0) is 6.92 Å². The first-order chi connectivity index (χ1) is 2.77. The van der Waals surface area contributed by atoms with E-state index < -0.39 is 6.10 Å². The third kappa shape index (κ3) is 10.7. The summed E-state index contributed by atoms with van der Waals surface area (Å²) in [6.07, 6.45) is 0.479. The number of carbonyl (C=O) groups is 1. The van der Waals surface area contributed by atoms with Crippen LogP contribution in [0.2, 0.25) is 0 Å². The van der Waals surface area contributed by atoms with Gasteiger partial charge in [0.15, 0.2) is 0 Å². The van der Waals surface area contributed by atoms with Crippen LogP contribution in [0.4, 0.5) is 0 Å². The van der Waals surface area contributed by atoms with Gasteiger partial charge in [0.05, 0.1) is 6.10 Å². The fraction of sp³-hybridized carbons (Fsp3) is 0.750. The molecular weight excluding hydrogens is 128 g/mol. The molecule has 3 heteroatoms. The second-order valence-electron chi connectivity index (χ2n) is 1.25. The molecule has 1 unspecified atom stereocenters. The van der Waals surface area contributed by atoms with Crippen LogP contribution in [0.15, 0.2) is 0 Å². The molecule has 0 fully saturated rings. The van der Waals surface area contributed by atoms with Crippen LogP contribution < -0.4 is 0 Å². The molecule has 0 amide bonds. The molecule has 2 nitrogen and oxygen atoms in total. The van der Waals surface area contributed by atoms with Gasteiger partial charge in [-0.1, -0.05) is 0 Å². The van der Waals surface area contributed by atoms with Crippen LogP contribution in [0.3, 0.4) is 0 Å². The molecule has 1 N–H and O–H groups in total. The second-order valence-corrected chi connectivity index (χ2v) is 1.25. The van der Waals surface area contributed by atoms with Gasteiger partial charge >= 0.3 is 0 Å². The SMILES string of the molecule is CC(O)CC=O.[Ti]. The Hall–Kier alpha value is 0.344. The molecule has 0 aliphatic carbocycles. The molecule has 0 aliphatic heterocycles. The van der Waals surface area contributed by atoms with Crippen molar-refractivity contribution in [3.05, 3.63) is 0 Å². The largest absolute Gasteiger partial charge is 0.393 e. The Morgan fingerprint density at radius 2 is 2.29 bits per heavy atom. The van der Waals surface area contributed by atoms with Crippen LogP contribution in [-0.4, -0.2) is 17.5 Å². The van der Waals surface area contributed by atoms with Crippen LogP contribution in [0, 0.1) is 0 Å². The van der Waals surface area contributed by atoms with Gasteiger partial charge in [-0.25, -0.2) is 0 Å². The second kappa shape index (κ2) is 6.34. The maximum atomic E-state index is 9.46. The van der Waals surface area contributed by atoms with E-state index in [0.717, 1.165) is 0 Å². The van der Waals surface area contributed by atoms with Crippen LogP contribution in [0.5, 0.6) is 0 Å². The van der Waals surface area contributed by atoms with Gasteiger partial charge in [-0.3, -0.25) is 0 Å². The zero-order valence-electron chi connectivity index (χ0n) is 4.22. The number of aldehydes is 1. The quantitative estimate of drug-likeness (QED) is 0.427. The molecule has 40 valence electrons. The van der Waals surface area contributed by atoms with Gasteiger partial charge in [0.25, 0.3) is 0 Å². The molecule has 0 spiro atoms. The van der Waals surface area contributed by atoms with Gasteiger partial charge in [0.1, 0.15) is 6.29 Å². The Kier molecular flexibility index (Phi) is 9.38. The van der Waals surface area contributed by atoms with Crippen molar-refractivity contribution in [3.63, 3.8) is 0 Å². The van der Waals surface area contributed by atoms with E-state index in [4.69, 9.17) is 5.11 Å². The maximum Gasteiger partial charge on any atom is 0.122 e. The molecule has 0 aromatic carbocycles. The zero-order chi connectivity index (χ0) is 4.99. The average molecular weight is 136 g/mol. The summed E-state index contributed by atoms with van der Waals surface area (Å²) in [5.74, 6) is 0. The van der Waals surface area contributed by atoms with E-state index in [1.165, 1.54) is 0 Å². The van der Waals surface area contributed by atoms with Crippen molar-refractivity contribution in [2.45, 2.75) is 19.4 Å². The van der Waals surface area contributed by atoms with Crippen molar-refractivity contribution < 1.29 is 31.6 Å². The Bertz CT molecular complexity index is 45.0. The molecule has 0 bridgehead atoms. The molecule has 0 aliphatic rings. The van der Waals surface area contributed by atoms with Gasteiger partial charge in [-0.2, -0.15) is 0 Å². The Labute approximate surface area is 57.8 Å². The number of carbonyl (C=O) groups excluding carboxylic acids is 1. The summed E-state index contributed by atoms with van der Waals surface area (Å²) in [7, 11) is 0. The van der Waals surface area contributed by atoms with E-state index in [-0.39, 0.29) is 28.1 Å². The number of aliphatic hydroxyl groups excluding tert-OH is 1. The first kappa shape index (κ1) is 10.3. The van der Waals surface area contributed by atoms with Crippen molar-refractivity contribution in [2.75, 3.05) is 0 Å². The Morgan fingerprint density at radius 3 is 2.29 bits per heavy atom. The Morgan fingerprint density at radius 1 is 1.86 bits per heavy atom. The van der Waals surface area contributed by atoms with Gasteiger partial charge in [0, 0.05) is 28.1 Å². The van der Waals surface area contributed by atoms with Crippen molar-refractivity contribution in [1.29, 1.82) is 0 Å². The standard InChI is InChI=1S/C4H8O2.Ti/c1-4(6)2-3-5;/h3-4,6H,2H2,1H3;. The molecule has 0 saturated carbocycles. The van der Waals surface area contributed by atoms with E-state index in [2.05, 4.69) is 0 Å². The maximum absolute atomic E-state index is 9.46. The fourth-order valence-electron chi connectivity index (χ4n) is 0.139. The first-order valence-corrected chi connectivity index (χ1v) is 1.89. The topological polar surface area (TPSA) is 37.3 Å². The summed E-state index contributed by atoms with van der Waals surface area (Å²) in [5.41, 5.74) is 0. The van der Waals surface area contributed by atoms with Crippen LogP contribution in [-0.2, 0) is 26.5 Å². The third-order valence-corrected chi connectivity index (χ3v) is 0.437. The van der Waals surface area contributed by atoms with Crippen molar-refractivity contribution in [2.24, 2.45) is 0 Å². The minimum absolute atomic E-state index is 0. The normalized spacial score (nSPS) is 11.7. The molecule has 0 aromatic heterocycles. The van der Waals surface area contributed by atoms with Gasteiger partial charge in [0.2, 0.25) is 0 Å². The number of aliphatic hydroxyl groups is 1. The predicted molar refractivity (Wildman–Crippen MR) is 22.4 cm³/mol. The average Bonchev–Trinajstić information content (AvgIpc) is 1.35. The van der Waals surface area contributed by atoms with Gasteiger partial charge < -0.3 is 9.90 Å². The van der Waals surface area contributed by atoms with Crippen molar-refractivity contribution >= 4 is 6.29 Å². The first-order valence-electron chi connectivity index (χ1n) is 1.89. The number of hydrogen-bond acceptors (Lipinski definition) is 2. The molecule has 1 atom stereocenters. The number of hydrogen-bond donors (Lipinski definition) is 1.